The number of nitrogens with one attached hydrogen (secondary N) is 2. The van der Waals surface area contributed by atoms with Crippen molar-refractivity contribution in [1.29, 1.82) is 0 Å². The normalized spacial score (nSPS) is 14.3. The SMILES string of the molecule is COc1cc(/C=C2/C(=O)NC(=O)N(c3cccc(Cl)c3C)C2=O)cc(Br)c1OCC(=O)Nc1ccc(Cl)c(Cl)c1. The average Bonchev–Trinajstić information content (AvgIpc) is 2.90. The molecule has 0 aliphatic carbocycles. The van der Waals surface area contributed by atoms with Gasteiger partial charge >= 0.3 is 6.03 Å². The van der Waals surface area contributed by atoms with Crippen LogP contribution in [-0.4, -0.2) is 37.5 Å². The number of nitrogens with zero attached hydrogens (tertiary/aromatic N) is 1. The second kappa shape index (κ2) is 12.3. The molecule has 0 unspecified atom stereocenters. The largest absolute Gasteiger partial charge is 0.493 e. The van der Waals surface area contributed by atoms with Gasteiger partial charge in [-0.1, -0.05) is 40.9 Å². The summed E-state index contributed by atoms with van der Waals surface area (Å²) in [5.74, 6) is -1.73. The zero-order valence-corrected chi connectivity index (χ0v) is 24.7. The van der Waals surface area contributed by atoms with Gasteiger partial charge in [0.25, 0.3) is 17.7 Å². The highest BCUT2D eigenvalue weighted by Crippen LogP contribution is 2.38. The first-order valence-corrected chi connectivity index (χ1v) is 13.3. The van der Waals surface area contributed by atoms with E-state index < -0.39 is 23.8 Å². The molecule has 9 nitrogen and oxygen atoms in total. The number of hydrogen-bond acceptors (Lipinski definition) is 6. The molecule has 206 valence electrons. The third-order valence-corrected chi connectivity index (χ3v) is 7.43. The van der Waals surface area contributed by atoms with Crippen LogP contribution in [0.5, 0.6) is 11.5 Å². The molecular formula is C27H19BrCl3N3O6. The van der Waals surface area contributed by atoms with E-state index in [2.05, 4.69) is 26.6 Å². The molecular weight excluding hydrogens is 649 g/mol. The maximum atomic E-state index is 13.3. The second-order valence-electron chi connectivity index (χ2n) is 8.34. The van der Waals surface area contributed by atoms with Gasteiger partial charge in [0.15, 0.2) is 18.1 Å². The molecule has 13 heteroatoms. The van der Waals surface area contributed by atoms with Crippen LogP contribution in [0.25, 0.3) is 6.08 Å². The minimum absolute atomic E-state index is 0.208. The summed E-state index contributed by atoms with van der Waals surface area (Å²) < 4.78 is 11.5. The molecule has 0 radical (unpaired) electrons. The standard InChI is InChI=1S/C27H19BrCl3N3O6/c1-13-18(29)4-3-5-21(13)34-26(37)16(25(36)33-27(34)38)8-14-9-17(28)24(22(10-14)39-2)40-12-23(35)32-15-6-7-19(30)20(31)11-15/h3-11H,12H2,1-2H3,(H,32,35)(H,33,36,38)/b16-8-. The van der Waals surface area contributed by atoms with E-state index in [1.165, 1.54) is 25.3 Å². The number of ether oxygens (including phenoxy) is 2. The Bertz CT molecular complexity index is 1590. The number of amides is 5. The van der Waals surface area contributed by atoms with Crippen molar-refractivity contribution in [2.24, 2.45) is 0 Å². The molecule has 0 spiro atoms. The Balaban J connectivity index is 1.57. The Labute approximate surface area is 252 Å². The van der Waals surface area contributed by atoms with Gasteiger partial charge in [-0.05, 0) is 82.5 Å². The number of carbonyl (C=O) groups is 4. The van der Waals surface area contributed by atoms with Crippen molar-refractivity contribution in [2.75, 3.05) is 23.9 Å². The molecule has 3 aromatic rings. The number of hydrogen-bond donors (Lipinski definition) is 2. The molecule has 4 rings (SSSR count). The highest BCUT2D eigenvalue weighted by molar-refractivity contribution is 9.10. The van der Waals surface area contributed by atoms with Crippen LogP contribution in [0.15, 0.2) is 58.6 Å². The van der Waals surface area contributed by atoms with E-state index in [4.69, 9.17) is 44.3 Å². The van der Waals surface area contributed by atoms with E-state index in [0.29, 0.717) is 31.3 Å². The van der Waals surface area contributed by atoms with Crippen molar-refractivity contribution < 1.29 is 28.7 Å². The van der Waals surface area contributed by atoms with Gasteiger partial charge in [-0.2, -0.15) is 0 Å². The number of urea groups is 1. The fourth-order valence-electron chi connectivity index (χ4n) is 3.75. The summed E-state index contributed by atoms with van der Waals surface area (Å²) in [5, 5.41) is 5.82. The molecule has 1 fully saturated rings. The predicted molar refractivity (Wildman–Crippen MR) is 156 cm³/mol. The fraction of sp³-hybridized carbons (Fsp3) is 0.111. The Morgan fingerprint density at radius 1 is 1.05 bits per heavy atom. The van der Waals surface area contributed by atoms with Crippen molar-refractivity contribution in [3.63, 3.8) is 0 Å². The van der Waals surface area contributed by atoms with Gasteiger partial charge in [0.05, 0.1) is 27.3 Å². The summed E-state index contributed by atoms with van der Waals surface area (Å²) in [7, 11) is 1.39. The number of rotatable bonds is 7. The molecule has 0 aromatic heterocycles. The van der Waals surface area contributed by atoms with Crippen LogP contribution < -0.4 is 25.0 Å². The van der Waals surface area contributed by atoms with Crippen molar-refractivity contribution in [3.05, 3.63) is 84.8 Å². The molecule has 0 atom stereocenters. The first kappa shape index (κ1) is 29.4. The smallest absolute Gasteiger partial charge is 0.335 e. The summed E-state index contributed by atoms with van der Waals surface area (Å²) in [6.07, 6.45) is 1.31. The number of barbiturate groups is 1. The number of benzene rings is 3. The van der Waals surface area contributed by atoms with Crippen LogP contribution in [0.4, 0.5) is 16.2 Å². The topological polar surface area (TPSA) is 114 Å². The zero-order chi connectivity index (χ0) is 29.1. The first-order valence-electron chi connectivity index (χ1n) is 11.4. The minimum atomic E-state index is -0.890. The lowest BCUT2D eigenvalue weighted by atomic mass is 10.1. The van der Waals surface area contributed by atoms with E-state index in [1.807, 2.05) is 0 Å². The third kappa shape index (κ3) is 6.26. The quantitative estimate of drug-likeness (QED) is 0.223. The average molecular weight is 668 g/mol. The van der Waals surface area contributed by atoms with Gasteiger partial charge in [-0.15, -0.1) is 0 Å². The number of carbonyl (C=O) groups excluding carboxylic acids is 4. The highest BCUT2D eigenvalue weighted by Gasteiger charge is 2.37. The molecule has 1 heterocycles. The molecule has 1 aliphatic heterocycles. The van der Waals surface area contributed by atoms with Crippen molar-refractivity contribution in [2.45, 2.75) is 6.92 Å². The maximum absolute atomic E-state index is 13.3. The molecule has 0 saturated carbocycles. The Morgan fingerprint density at radius 2 is 1.80 bits per heavy atom. The lowest BCUT2D eigenvalue weighted by molar-refractivity contribution is -0.122. The summed E-state index contributed by atoms with van der Waals surface area (Å²) in [4.78, 5) is 51.7. The van der Waals surface area contributed by atoms with E-state index >= 15 is 0 Å². The lowest BCUT2D eigenvalue weighted by Crippen LogP contribution is -2.54. The Hall–Kier alpha value is -3.57. The summed E-state index contributed by atoms with van der Waals surface area (Å²) in [6, 6.07) is 11.6. The summed E-state index contributed by atoms with van der Waals surface area (Å²) >= 11 is 21.4. The monoisotopic (exact) mass is 665 g/mol. The Kier molecular flexibility index (Phi) is 9.05. The van der Waals surface area contributed by atoms with E-state index in [1.54, 1.807) is 43.3 Å². The van der Waals surface area contributed by atoms with Crippen LogP contribution >= 0.6 is 50.7 Å². The van der Waals surface area contributed by atoms with Gasteiger partial charge in [-0.3, -0.25) is 19.7 Å². The molecule has 40 heavy (non-hydrogen) atoms. The Morgan fingerprint density at radius 3 is 2.50 bits per heavy atom. The minimum Gasteiger partial charge on any atom is -0.493 e. The molecule has 0 bridgehead atoms. The molecule has 1 saturated heterocycles. The molecule has 1 aliphatic rings. The van der Waals surface area contributed by atoms with E-state index in [0.717, 1.165) is 4.90 Å². The van der Waals surface area contributed by atoms with E-state index in [-0.39, 0.29) is 34.4 Å². The van der Waals surface area contributed by atoms with Gasteiger partial charge in [-0.25, -0.2) is 9.69 Å². The predicted octanol–water partition coefficient (Wildman–Crippen LogP) is 6.41. The van der Waals surface area contributed by atoms with Crippen molar-refractivity contribution in [1.82, 2.24) is 5.32 Å². The van der Waals surface area contributed by atoms with Crippen LogP contribution in [0.2, 0.25) is 15.1 Å². The van der Waals surface area contributed by atoms with Crippen molar-refractivity contribution in [3.8, 4) is 11.5 Å². The van der Waals surface area contributed by atoms with E-state index in [9.17, 15) is 19.2 Å². The van der Waals surface area contributed by atoms with Gasteiger partial charge in [0, 0.05) is 10.7 Å². The summed E-state index contributed by atoms with van der Waals surface area (Å²) in [6.45, 7) is 1.29. The zero-order valence-electron chi connectivity index (χ0n) is 20.8. The lowest BCUT2D eigenvalue weighted by Gasteiger charge is -2.27. The van der Waals surface area contributed by atoms with Crippen LogP contribution in [0.1, 0.15) is 11.1 Å². The van der Waals surface area contributed by atoms with Gasteiger partial charge < -0.3 is 14.8 Å². The molecule has 2 N–H and O–H groups in total. The first-order chi connectivity index (χ1) is 19.0. The van der Waals surface area contributed by atoms with Crippen LogP contribution in [0.3, 0.4) is 0 Å². The highest BCUT2D eigenvalue weighted by atomic mass is 79.9. The number of imide groups is 2. The van der Waals surface area contributed by atoms with Crippen LogP contribution in [0, 0.1) is 6.92 Å². The summed E-state index contributed by atoms with van der Waals surface area (Å²) in [5.41, 5.74) is 1.27. The number of anilines is 2. The van der Waals surface area contributed by atoms with Gasteiger partial charge in [0.2, 0.25) is 0 Å². The molecule has 5 amide bonds. The molecule has 3 aromatic carbocycles. The van der Waals surface area contributed by atoms with Gasteiger partial charge in [0.1, 0.15) is 5.57 Å². The fourth-order valence-corrected chi connectivity index (χ4v) is 4.79. The maximum Gasteiger partial charge on any atom is 0.335 e. The number of halogens is 4. The second-order valence-corrected chi connectivity index (χ2v) is 10.4. The van der Waals surface area contributed by atoms with Crippen LogP contribution in [-0.2, 0) is 14.4 Å². The van der Waals surface area contributed by atoms with Crippen molar-refractivity contribution >= 4 is 91.9 Å². The third-order valence-electron chi connectivity index (χ3n) is 5.70. The number of methoxy groups -OCH3 is 1.